The van der Waals surface area contributed by atoms with Crippen molar-refractivity contribution in [1.82, 2.24) is 0 Å². The first kappa shape index (κ1) is 12.7. The van der Waals surface area contributed by atoms with E-state index in [1.807, 2.05) is 12.1 Å². The Balaban J connectivity index is 2.43. The number of hydrogen-bond donors (Lipinski definition) is 0. The van der Waals surface area contributed by atoms with Gasteiger partial charge in [0, 0.05) is 6.07 Å². The monoisotopic (exact) mass is 239 g/mol. The Kier molecular flexibility index (Phi) is 4.03. The quantitative estimate of drug-likeness (QED) is 0.773. The summed E-state index contributed by atoms with van der Waals surface area (Å²) in [6, 6.07) is 15.8. The van der Waals surface area contributed by atoms with Crippen molar-refractivity contribution in [3.8, 4) is 16.9 Å². The molecule has 2 aromatic rings. The van der Waals surface area contributed by atoms with E-state index in [0.717, 1.165) is 18.6 Å². The van der Waals surface area contributed by atoms with Crippen LogP contribution in [-0.2, 0) is 12.8 Å². The molecule has 0 fully saturated rings. The van der Waals surface area contributed by atoms with Crippen molar-refractivity contribution in [3.05, 3.63) is 53.6 Å². The molecule has 1 nitrogen and oxygen atoms in total. The Morgan fingerprint density at radius 1 is 0.944 bits per heavy atom. The molecule has 18 heavy (non-hydrogen) atoms. The zero-order chi connectivity index (χ0) is 13.0. The summed E-state index contributed by atoms with van der Waals surface area (Å²) in [6.45, 7) is 4.41. The molecule has 1 radical (unpaired) electrons. The van der Waals surface area contributed by atoms with Crippen LogP contribution >= 0.6 is 0 Å². The normalized spacial score (nSPS) is 10.4. The molecule has 0 saturated carbocycles. The van der Waals surface area contributed by atoms with Crippen LogP contribution in [0.1, 0.15) is 25.0 Å². The Morgan fingerprint density at radius 3 is 2.33 bits per heavy atom. The van der Waals surface area contributed by atoms with Crippen molar-refractivity contribution in [2.75, 3.05) is 7.11 Å². The second-order valence-electron chi connectivity index (χ2n) is 4.34. The zero-order valence-corrected chi connectivity index (χ0v) is 11.3. The number of aryl methyl sites for hydroxylation is 2. The van der Waals surface area contributed by atoms with Gasteiger partial charge in [-0.2, -0.15) is 0 Å². The minimum absolute atomic E-state index is 0.783. The molecule has 0 spiro atoms. The van der Waals surface area contributed by atoms with Gasteiger partial charge in [-0.05, 0) is 47.2 Å². The van der Waals surface area contributed by atoms with Crippen LogP contribution in [0.15, 0.2) is 36.4 Å². The summed E-state index contributed by atoms with van der Waals surface area (Å²) < 4.78 is 5.22. The maximum atomic E-state index is 5.22. The molecule has 0 aromatic heterocycles. The molecule has 93 valence electrons. The first-order chi connectivity index (χ1) is 8.78. The number of hydrogen-bond acceptors (Lipinski definition) is 1. The number of ether oxygens (including phenoxy) is 1. The van der Waals surface area contributed by atoms with Crippen LogP contribution < -0.4 is 4.74 Å². The maximum absolute atomic E-state index is 5.22. The van der Waals surface area contributed by atoms with Crippen LogP contribution in [0.2, 0.25) is 0 Å². The highest BCUT2D eigenvalue weighted by molar-refractivity contribution is 5.66. The molecule has 0 heterocycles. The Labute approximate surface area is 109 Å². The van der Waals surface area contributed by atoms with Crippen LogP contribution in [0, 0.1) is 6.07 Å². The van der Waals surface area contributed by atoms with Gasteiger partial charge in [0.05, 0.1) is 7.11 Å². The molecule has 0 N–H and O–H groups in total. The summed E-state index contributed by atoms with van der Waals surface area (Å²) in [4.78, 5) is 0. The fourth-order valence-electron chi connectivity index (χ4n) is 2.22. The van der Waals surface area contributed by atoms with E-state index in [1.54, 1.807) is 7.11 Å². The predicted molar refractivity (Wildman–Crippen MR) is 76.0 cm³/mol. The fraction of sp³-hybridized carbons (Fsp3) is 0.294. The first-order valence-electron chi connectivity index (χ1n) is 6.46. The Morgan fingerprint density at radius 2 is 1.67 bits per heavy atom. The van der Waals surface area contributed by atoms with Crippen molar-refractivity contribution < 1.29 is 4.74 Å². The molecule has 2 aromatic carbocycles. The third-order valence-electron chi connectivity index (χ3n) is 3.30. The third-order valence-corrected chi connectivity index (χ3v) is 3.30. The van der Waals surface area contributed by atoms with Gasteiger partial charge in [-0.25, -0.2) is 0 Å². The van der Waals surface area contributed by atoms with Crippen molar-refractivity contribution >= 4 is 0 Å². The molecular weight excluding hydrogens is 220 g/mol. The number of benzene rings is 2. The molecule has 0 saturated heterocycles. The largest absolute Gasteiger partial charge is 0.496 e. The smallest absolute Gasteiger partial charge is 0.127 e. The second-order valence-corrected chi connectivity index (χ2v) is 4.34. The maximum Gasteiger partial charge on any atom is 0.127 e. The van der Waals surface area contributed by atoms with Crippen LogP contribution in [0.25, 0.3) is 11.1 Å². The molecule has 2 rings (SSSR count). The molecule has 0 atom stereocenters. The molecule has 0 unspecified atom stereocenters. The van der Waals surface area contributed by atoms with Crippen molar-refractivity contribution in [2.45, 2.75) is 26.7 Å². The third kappa shape index (κ3) is 2.56. The van der Waals surface area contributed by atoms with Gasteiger partial charge in [0.2, 0.25) is 0 Å². The Bertz CT molecular complexity index is 529. The van der Waals surface area contributed by atoms with Crippen LogP contribution in [0.5, 0.6) is 5.75 Å². The van der Waals surface area contributed by atoms with E-state index in [2.05, 4.69) is 44.2 Å². The highest BCUT2D eigenvalue weighted by Gasteiger charge is 2.04. The molecule has 1 heteroatoms. The molecule has 0 amide bonds. The SMILES string of the molecule is CCc1ccc(-c2cc[c]c(OC)c2)cc1CC. The summed E-state index contributed by atoms with van der Waals surface area (Å²) in [7, 11) is 1.67. The average molecular weight is 239 g/mol. The van der Waals surface area contributed by atoms with Crippen molar-refractivity contribution in [3.63, 3.8) is 0 Å². The van der Waals surface area contributed by atoms with Gasteiger partial charge in [-0.15, -0.1) is 0 Å². The topological polar surface area (TPSA) is 9.23 Å². The second kappa shape index (κ2) is 5.72. The highest BCUT2D eigenvalue weighted by atomic mass is 16.5. The molecular formula is C17H19O. The minimum atomic E-state index is 0.783. The van der Waals surface area contributed by atoms with Gasteiger partial charge in [-0.3, -0.25) is 0 Å². The van der Waals surface area contributed by atoms with E-state index in [-0.39, 0.29) is 0 Å². The fourth-order valence-corrected chi connectivity index (χ4v) is 2.22. The molecule has 0 aliphatic rings. The summed E-state index contributed by atoms with van der Waals surface area (Å²) in [6.07, 6.45) is 2.17. The van der Waals surface area contributed by atoms with Gasteiger partial charge in [0.15, 0.2) is 0 Å². The van der Waals surface area contributed by atoms with Crippen LogP contribution in [-0.4, -0.2) is 7.11 Å². The molecule has 0 aliphatic heterocycles. The van der Waals surface area contributed by atoms with E-state index in [0.29, 0.717) is 0 Å². The van der Waals surface area contributed by atoms with Gasteiger partial charge in [0.25, 0.3) is 0 Å². The van der Waals surface area contributed by atoms with E-state index in [1.165, 1.54) is 22.3 Å². The lowest BCUT2D eigenvalue weighted by atomic mass is 9.96. The summed E-state index contributed by atoms with van der Waals surface area (Å²) in [5.41, 5.74) is 5.30. The van der Waals surface area contributed by atoms with Gasteiger partial charge >= 0.3 is 0 Å². The van der Waals surface area contributed by atoms with Crippen molar-refractivity contribution in [2.24, 2.45) is 0 Å². The zero-order valence-electron chi connectivity index (χ0n) is 11.3. The molecule has 0 aliphatic carbocycles. The lowest BCUT2D eigenvalue weighted by molar-refractivity contribution is 0.414. The summed E-state index contributed by atoms with van der Waals surface area (Å²) in [5, 5.41) is 0. The van der Waals surface area contributed by atoms with Crippen LogP contribution in [0.4, 0.5) is 0 Å². The minimum Gasteiger partial charge on any atom is -0.496 e. The van der Waals surface area contributed by atoms with Gasteiger partial charge < -0.3 is 4.74 Å². The standard InChI is InChI=1S/C17H19O/c1-4-13-9-10-16(11-14(13)5-2)15-7-6-8-17(12-15)18-3/h6-7,9-12H,4-5H2,1-3H3. The van der Waals surface area contributed by atoms with Crippen LogP contribution in [0.3, 0.4) is 0 Å². The predicted octanol–water partition coefficient (Wildman–Crippen LogP) is 4.29. The lowest BCUT2D eigenvalue weighted by Gasteiger charge is -2.10. The van der Waals surface area contributed by atoms with E-state index >= 15 is 0 Å². The number of rotatable bonds is 4. The van der Waals surface area contributed by atoms with Gasteiger partial charge in [0.1, 0.15) is 5.75 Å². The lowest BCUT2D eigenvalue weighted by Crippen LogP contribution is -1.92. The number of methoxy groups -OCH3 is 1. The first-order valence-corrected chi connectivity index (χ1v) is 6.46. The average Bonchev–Trinajstić information content (AvgIpc) is 2.46. The Hall–Kier alpha value is -1.76. The van der Waals surface area contributed by atoms with E-state index in [9.17, 15) is 0 Å². The van der Waals surface area contributed by atoms with Gasteiger partial charge in [-0.1, -0.05) is 38.1 Å². The van der Waals surface area contributed by atoms with Crippen molar-refractivity contribution in [1.29, 1.82) is 0 Å². The summed E-state index contributed by atoms with van der Waals surface area (Å²) >= 11 is 0. The highest BCUT2D eigenvalue weighted by Crippen LogP contribution is 2.26. The summed E-state index contributed by atoms with van der Waals surface area (Å²) in [5.74, 6) is 0.783. The molecule has 0 bridgehead atoms. The van der Waals surface area contributed by atoms with E-state index in [4.69, 9.17) is 4.74 Å². The van der Waals surface area contributed by atoms with E-state index < -0.39 is 0 Å².